The van der Waals surface area contributed by atoms with Crippen LogP contribution >= 0.6 is 0 Å². The summed E-state index contributed by atoms with van der Waals surface area (Å²) >= 11 is 0. The zero-order chi connectivity index (χ0) is 18.2. The smallest absolute Gasteiger partial charge is 0.255 e. The molecule has 0 spiro atoms. The molecule has 0 saturated carbocycles. The van der Waals surface area contributed by atoms with Gasteiger partial charge in [-0.05, 0) is 70.3 Å². The van der Waals surface area contributed by atoms with Crippen LogP contribution in [0.1, 0.15) is 55.7 Å². The van der Waals surface area contributed by atoms with Crippen LogP contribution in [0.25, 0.3) is 0 Å². The van der Waals surface area contributed by atoms with E-state index in [1.54, 1.807) is 0 Å². The number of hydrogen-bond donors (Lipinski definition) is 1. The molecule has 1 N–H and O–H groups in total. The second kappa shape index (κ2) is 7.69. The Morgan fingerprint density at radius 2 is 1.81 bits per heavy atom. The molecular formula is C22H34N4O. The summed E-state index contributed by atoms with van der Waals surface area (Å²) in [6.45, 7) is 8.72. The average Bonchev–Trinajstić information content (AvgIpc) is 2.72. The van der Waals surface area contributed by atoms with Gasteiger partial charge in [0.05, 0.1) is 0 Å². The van der Waals surface area contributed by atoms with Gasteiger partial charge in [0.25, 0.3) is 5.56 Å². The van der Waals surface area contributed by atoms with Crippen molar-refractivity contribution in [1.29, 1.82) is 0 Å². The van der Waals surface area contributed by atoms with Gasteiger partial charge in [-0.2, -0.15) is 0 Å². The number of fused-ring (bicyclic) bond motifs is 4. The number of likely N-dealkylation sites (tertiary alicyclic amines) is 2. The van der Waals surface area contributed by atoms with Crippen molar-refractivity contribution in [2.24, 2.45) is 5.92 Å². The Morgan fingerprint density at radius 1 is 1.00 bits per heavy atom. The van der Waals surface area contributed by atoms with E-state index in [1.165, 1.54) is 50.8 Å². The number of pyridine rings is 1. The van der Waals surface area contributed by atoms with Crippen molar-refractivity contribution in [1.82, 2.24) is 19.7 Å². The Balaban J connectivity index is 1.35. The van der Waals surface area contributed by atoms with E-state index in [4.69, 9.17) is 0 Å². The molecule has 1 aromatic rings. The Morgan fingerprint density at radius 3 is 2.63 bits per heavy atom. The van der Waals surface area contributed by atoms with Gasteiger partial charge in [0.1, 0.15) is 0 Å². The van der Waals surface area contributed by atoms with E-state index in [0.717, 1.165) is 57.4 Å². The highest BCUT2D eigenvalue weighted by Gasteiger charge is 2.37. The minimum atomic E-state index is 0.295. The molecule has 0 aliphatic carbocycles. The van der Waals surface area contributed by atoms with E-state index in [1.807, 2.05) is 0 Å². The number of nitrogens with zero attached hydrogens (tertiary/aromatic N) is 3. The topological polar surface area (TPSA) is 40.5 Å². The fraction of sp³-hybridized carbons (Fsp3) is 0.773. The molecule has 0 radical (unpaired) electrons. The van der Waals surface area contributed by atoms with Gasteiger partial charge in [0, 0.05) is 49.4 Å². The van der Waals surface area contributed by atoms with Crippen molar-refractivity contribution in [3.8, 4) is 0 Å². The second-order valence-corrected chi connectivity index (χ2v) is 9.27. The predicted molar refractivity (Wildman–Crippen MR) is 108 cm³/mol. The minimum absolute atomic E-state index is 0.295. The fourth-order valence-corrected chi connectivity index (χ4v) is 5.98. The highest BCUT2D eigenvalue weighted by Crippen LogP contribution is 2.36. The second-order valence-electron chi connectivity index (χ2n) is 9.27. The molecule has 4 aliphatic heterocycles. The van der Waals surface area contributed by atoms with Gasteiger partial charge in [0.15, 0.2) is 0 Å². The van der Waals surface area contributed by atoms with Crippen LogP contribution in [0.3, 0.4) is 0 Å². The molecule has 0 unspecified atom stereocenters. The summed E-state index contributed by atoms with van der Waals surface area (Å²) in [7, 11) is 0. The van der Waals surface area contributed by atoms with Gasteiger partial charge < -0.3 is 9.88 Å². The Kier molecular flexibility index (Phi) is 5.09. The number of nitrogens with one attached hydrogen (secondary N) is 1. The molecule has 3 fully saturated rings. The van der Waals surface area contributed by atoms with Crippen LogP contribution < -0.4 is 10.9 Å². The summed E-state index contributed by atoms with van der Waals surface area (Å²) in [5.74, 6) is 1.19. The molecule has 4 aliphatic rings. The van der Waals surface area contributed by atoms with Crippen molar-refractivity contribution in [3.63, 3.8) is 0 Å². The SMILES string of the molecule is O=c1c(CN2CCCCC2)ccc2n1C[C@H]1C[C@@H]2CN(C2CCNCC2)C1. The predicted octanol–water partition coefficient (Wildman–Crippen LogP) is 2.01. The van der Waals surface area contributed by atoms with Crippen LogP contribution in [0.15, 0.2) is 16.9 Å². The minimum Gasteiger partial charge on any atom is -0.317 e. The molecule has 2 bridgehead atoms. The summed E-state index contributed by atoms with van der Waals surface area (Å²) in [6.07, 6.45) is 7.73. The molecule has 5 heteroatoms. The molecular weight excluding hydrogens is 336 g/mol. The van der Waals surface area contributed by atoms with Crippen LogP contribution in [0.2, 0.25) is 0 Å². The maximum Gasteiger partial charge on any atom is 0.255 e. The largest absolute Gasteiger partial charge is 0.317 e. The first-order valence-corrected chi connectivity index (χ1v) is 11.2. The summed E-state index contributed by atoms with van der Waals surface area (Å²) in [4.78, 5) is 18.4. The molecule has 0 aromatic carbocycles. The number of hydrogen-bond acceptors (Lipinski definition) is 4. The van der Waals surface area contributed by atoms with Gasteiger partial charge in [-0.1, -0.05) is 12.5 Å². The third kappa shape index (κ3) is 3.62. The maximum atomic E-state index is 13.2. The lowest BCUT2D eigenvalue weighted by Gasteiger charge is -2.46. The molecule has 148 valence electrons. The summed E-state index contributed by atoms with van der Waals surface area (Å²) in [5, 5.41) is 3.49. The summed E-state index contributed by atoms with van der Waals surface area (Å²) in [6, 6.07) is 5.17. The molecule has 5 nitrogen and oxygen atoms in total. The molecule has 2 atom stereocenters. The lowest BCUT2D eigenvalue weighted by molar-refractivity contribution is 0.0675. The first-order valence-electron chi connectivity index (χ1n) is 11.2. The van der Waals surface area contributed by atoms with Crippen LogP contribution in [-0.4, -0.2) is 59.7 Å². The van der Waals surface area contributed by atoms with E-state index < -0.39 is 0 Å². The molecule has 1 aromatic heterocycles. The van der Waals surface area contributed by atoms with E-state index >= 15 is 0 Å². The summed E-state index contributed by atoms with van der Waals surface area (Å²) in [5.41, 5.74) is 2.61. The van der Waals surface area contributed by atoms with E-state index in [9.17, 15) is 4.79 Å². The molecule has 5 heterocycles. The molecule has 3 saturated heterocycles. The van der Waals surface area contributed by atoms with E-state index in [-0.39, 0.29) is 0 Å². The van der Waals surface area contributed by atoms with Gasteiger partial charge in [-0.3, -0.25) is 14.6 Å². The standard InChI is InChI=1S/C22H34N4O/c27-22-18(15-24-10-2-1-3-11-24)4-5-21-19-12-17(14-26(21)22)13-25(16-19)20-6-8-23-9-7-20/h4-5,17,19-20,23H,1-3,6-16H2/t17-,19+/m0/s1. The lowest BCUT2D eigenvalue weighted by atomic mass is 9.81. The number of rotatable bonds is 3. The third-order valence-electron chi connectivity index (χ3n) is 7.38. The third-order valence-corrected chi connectivity index (χ3v) is 7.38. The van der Waals surface area contributed by atoms with Crippen LogP contribution in [0.5, 0.6) is 0 Å². The van der Waals surface area contributed by atoms with Crippen LogP contribution in [0, 0.1) is 5.92 Å². The van der Waals surface area contributed by atoms with E-state index in [0.29, 0.717) is 17.4 Å². The van der Waals surface area contributed by atoms with Crippen molar-refractivity contribution in [2.75, 3.05) is 39.3 Å². The van der Waals surface area contributed by atoms with E-state index in [2.05, 4.69) is 31.8 Å². The van der Waals surface area contributed by atoms with Crippen LogP contribution in [0.4, 0.5) is 0 Å². The van der Waals surface area contributed by atoms with Crippen molar-refractivity contribution in [3.05, 3.63) is 33.7 Å². The normalized spacial score (nSPS) is 30.2. The maximum absolute atomic E-state index is 13.2. The van der Waals surface area contributed by atoms with Gasteiger partial charge >= 0.3 is 0 Å². The first-order chi connectivity index (χ1) is 13.3. The number of piperidine rings is 3. The zero-order valence-corrected chi connectivity index (χ0v) is 16.5. The van der Waals surface area contributed by atoms with Crippen molar-refractivity contribution >= 4 is 0 Å². The lowest BCUT2D eigenvalue weighted by Crippen LogP contribution is -2.53. The Labute approximate surface area is 162 Å². The fourth-order valence-electron chi connectivity index (χ4n) is 5.98. The van der Waals surface area contributed by atoms with Gasteiger partial charge in [-0.15, -0.1) is 0 Å². The average molecular weight is 371 g/mol. The zero-order valence-electron chi connectivity index (χ0n) is 16.5. The van der Waals surface area contributed by atoms with Gasteiger partial charge in [-0.25, -0.2) is 0 Å². The van der Waals surface area contributed by atoms with Crippen molar-refractivity contribution in [2.45, 2.75) is 63.6 Å². The summed E-state index contributed by atoms with van der Waals surface area (Å²) < 4.78 is 2.15. The van der Waals surface area contributed by atoms with Gasteiger partial charge in [0.2, 0.25) is 0 Å². The molecule has 27 heavy (non-hydrogen) atoms. The first kappa shape index (κ1) is 17.9. The molecule has 5 rings (SSSR count). The Bertz CT molecular complexity index is 718. The highest BCUT2D eigenvalue weighted by molar-refractivity contribution is 5.22. The highest BCUT2D eigenvalue weighted by atomic mass is 16.1. The van der Waals surface area contributed by atoms with Crippen LogP contribution in [-0.2, 0) is 13.1 Å². The number of aromatic nitrogens is 1. The Hall–Kier alpha value is -1.17. The molecule has 0 amide bonds. The van der Waals surface area contributed by atoms with Crippen molar-refractivity contribution < 1.29 is 0 Å². The monoisotopic (exact) mass is 370 g/mol. The quantitative estimate of drug-likeness (QED) is 0.884.